The number of benzene rings is 9. The number of allylic oxidation sites excluding steroid dienone is 6. The van der Waals surface area contributed by atoms with Crippen LogP contribution in [0.15, 0.2) is 231 Å². The molecule has 0 fully saturated rings. The fourth-order valence-corrected chi connectivity index (χ4v) is 9.67. The van der Waals surface area contributed by atoms with Gasteiger partial charge in [-0.1, -0.05) is 212 Å². The van der Waals surface area contributed by atoms with E-state index < -0.39 is 0 Å². The summed E-state index contributed by atoms with van der Waals surface area (Å²) in [6.07, 6.45) is 16.9. The lowest BCUT2D eigenvalue weighted by molar-refractivity contribution is 1.27. The molecule has 0 aliphatic carbocycles. The summed E-state index contributed by atoms with van der Waals surface area (Å²) in [4.78, 5) is 5.45. The molecule has 65 heavy (non-hydrogen) atoms. The van der Waals surface area contributed by atoms with Gasteiger partial charge in [0, 0.05) is 21.9 Å². The summed E-state index contributed by atoms with van der Waals surface area (Å²) >= 11 is 0. The Morgan fingerprint density at radius 2 is 0.846 bits per heavy atom. The normalized spacial score (nSPS) is 12.2. The van der Waals surface area contributed by atoms with E-state index in [1.807, 2.05) is 13.8 Å². The van der Waals surface area contributed by atoms with E-state index >= 15 is 0 Å². The van der Waals surface area contributed by atoms with Crippen LogP contribution < -0.4 is 0 Å². The first kappa shape index (κ1) is 39.5. The van der Waals surface area contributed by atoms with Gasteiger partial charge in [0.1, 0.15) is 5.65 Å². The van der Waals surface area contributed by atoms with Crippen LogP contribution in [0.25, 0.3) is 117 Å². The van der Waals surface area contributed by atoms with Crippen molar-refractivity contribution < 1.29 is 0 Å². The summed E-state index contributed by atoms with van der Waals surface area (Å²) < 4.78 is 2.38. The van der Waals surface area contributed by atoms with Crippen LogP contribution in [0.2, 0.25) is 0 Å². The number of hydrogen-bond acceptors (Lipinski definition) is 1. The molecule has 0 bridgehead atoms. The lowest BCUT2D eigenvalue weighted by Crippen LogP contribution is -1.95. The van der Waals surface area contributed by atoms with Crippen molar-refractivity contribution in [2.75, 3.05) is 0 Å². The second-order valence-electron chi connectivity index (χ2n) is 16.6. The summed E-state index contributed by atoms with van der Waals surface area (Å²) in [6, 6.07) is 70.9. The molecule has 9 aromatic carbocycles. The second-order valence-corrected chi connectivity index (χ2v) is 16.6. The summed E-state index contributed by atoms with van der Waals surface area (Å²) in [6.45, 7) is 4.09. The molecular weight excluding hydrogens is 785 g/mol. The smallest absolute Gasteiger partial charge is 0.146 e. The third kappa shape index (κ3) is 7.16. The molecule has 0 N–H and O–H groups in total. The number of fused-ring (bicyclic) bond motifs is 8. The van der Waals surface area contributed by atoms with Gasteiger partial charge in [0.15, 0.2) is 0 Å². The van der Waals surface area contributed by atoms with Crippen molar-refractivity contribution in [2.45, 2.75) is 13.8 Å². The Kier molecular flexibility index (Phi) is 10.4. The molecule has 0 aliphatic heterocycles. The number of imidazole rings is 1. The van der Waals surface area contributed by atoms with E-state index in [9.17, 15) is 0 Å². The number of aromatic nitrogens is 2. The Bertz CT molecular complexity index is 3710. The molecule has 11 aromatic rings. The third-order valence-electron chi connectivity index (χ3n) is 12.6. The predicted octanol–water partition coefficient (Wildman–Crippen LogP) is 17.5. The van der Waals surface area contributed by atoms with Crippen LogP contribution >= 0.6 is 0 Å². The highest BCUT2D eigenvalue weighted by atomic mass is 15.0. The van der Waals surface area contributed by atoms with E-state index in [4.69, 9.17) is 4.98 Å². The van der Waals surface area contributed by atoms with E-state index in [0.717, 1.165) is 55.8 Å². The lowest BCUT2D eigenvalue weighted by atomic mass is 9.84. The van der Waals surface area contributed by atoms with Gasteiger partial charge >= 0.3 is 0 Å². The highest BCUT2D eigenvalue weighted by molar-refractivity contribution is 6.22. The Morgan fingerprint density at radius 1 is 0.354 bits per heavy atom. The molecular formula is C63H46N2. The molecule has 0 radical (unpaired) electrons. The van der Waals surface area contributed by atoms with Crippen LogP contribution in [0.4, 0.5) is 0 Å². The van der Waals surface area contributed by atoms with Crippen LogP contribution in [0.3, 0.4) is 0 Å². The van der Waals surface area contributed by atoms with Crippen molar-refractivity contribution in [3.8, 4) is 55.9 Å². The van der Waals surface area contributed by atoms with Gasteiger partial charge in [-0.25, -0.2) is 4.98 Å². The molecule has 308 valence electrons. The Hall–Kier alpha value is -8.33. The molecule has 0 aliphatic rings. The number of pyridine rings is 1. The first-order valence-electron chi connectivity index (χ1n) is 22.4. The molecule has 0 atom stereocenters. The highest BCUT2D eigenvalue weighted by Gasteiger charge is 2.22. The van der Waals surface area contributed by atoms with Gasteiger partial charge in [-0.3, -0.25) is 4.40 Å². The fourth-order valence-electron chi connectivity index (χ4n) is 9.67. The molecule has 2 heteroatoms. The van der Waals surface area contributed by atoms with Gasteiger partial charge in [0.2, 0.25) is 0 Å². The standard InChI is InChI=1S/C63H46N2/c1-3-5-9-21-43-23-19-29-49(39-43)59-52-32-16-17-33-53(52)60(50-30-20-24-44(40-50)22-10-6-4-2)57-42-47(35-37-54(57)59)48-36-38-58-56(41-48)51-31-15-18-34-55(51)63-64-61(45-25-11-7-12-26-45)62(65(58)63)46-27-13-8-14-28-46/h3-42H,1-2H3/b5-3-,6-4-,21-9-,22-10-. The van der Waals surface area contributed by atoms with Gasteiger partial charge in [0.25, 0.3) is 0 Å². The third-order valence-corrected chi connectivity index (χ3v) is 12.6. The number of nitrogens with zero attached hydrogens (tertiary/aromatic N) is 2. The Balaban J connectivity index is 1.19. The minimum absolute atomic E-state index is 0.956. The lowest BCUT2D eigenvalue weighted by Gasteiger charge is -2.19. The average molecular weight is 831 g/mol. The molecule has 2 heterocycles. The minimum Gasteiger partial charge on any atom is -0.291 e. The molecule has 2 aromatic heterocycles. The van der Waals surface area contributed by atoms with Crippen LogP contribution in [-0.2, 0) is 0 Å². The molecule has 0 amide bonds. The van der Waals surface area contributed by atoms with E-state index in [1.165, 1.54) is 60.1 Å². The second kappa shape index (κ2) is 17.1. The summed E-state index contributed by atoms with van der Waals surface area (Å²) in [5, 5.41) is 8.39. The van der Waals surface area contributed by atoms with E-state index in [0.29, 0.717) is 0 Å². The van der Waals surface area contributed by atoms with Gasteiger partial charge in [-0.2, -0.15) is 0 Å². The Labute approximate surface area is 380 Å². The van der Waals surface area contributed by atoms with E-state index in [2.05, 4.69) is 247 Å². The molecule has 2 nitrogen and oxygen atoms in total. The zero-order valence-corrected chi connectivity index (χ0v) is 36.5. The molecule has 0 unspecified atom stereocenters. The highest BCUT2D eigenvalue weighted by Crippen LogP contribution is 2.46. The SMILES string of the molecule is C/C=C\C=C/c1cccc(-c2c3ccccc3c(-c3cccc(/C=C\C=C/C)c3)c3cc(-c4ccc5c(c4)c4ccccc4c4nc(-c6ccccc6)c(-c6ccccc6)n54)ccc23)c1. The van der Waals surface area contributed by atoms with Crippen molar-refractivity contribution in [3.63, 3.8) is 0 Å². The maximum Gasteiger partial charge on any atom is 0.146 e. The van der Waals surface area contributed by atoms with Crippen LogP contribution in [0.1, 0.15) is 25.0 Å². The van der Waals surface area contributed by atoms with Crippen molar-refractivity contribution in [2.24, 2.45) is 0 Å². The first-order chi connectivity index (χ1) is 32.2. The summed E-state index contributed by atoms with van der Waals surface area (Å²) in [7, 11) is 0. The molecule has 11 rings (SSSR count). The van der Waals surface area contributed by atoms with Crippen LogP contribution in [0.5, 0.6) is 0 Å². The molecule has 0 saturated heterocycles. The molecule has 0 saturated carbocycles. The van der Waals surface area contributed by atoms with Crippen molar-refractivity contribution in [1.29, 1.82) is 0 Å². The average Bonchev–Trinajstić information content (AvgIpc) is 3.78. The van der Waals surface area contributed by atoms with Crippen molar-refractivity contribution >= 4 is 61.0 Å². The number of rotatable bonds is 9. The largest absolute Gasteiger partial charge is 0.291 e. The maximum absolute atomic E-state index is 5.45. The zero-order valence-electron chi connectivity index (χ0n) is 36.5. The van der Waals surface area contributed by atoms with Crippen molar-refractivity contribution in [3.05, 3.63) is 242 Å². The maximum atomic E-state index is 5.45. The topological polar surface area (TPSA) is 17.3 Å². The zero-order chi connectivity index (χ0) is 43.7. The monoisotopic (exact) mass is 830 g/mol. The minimum atomic E-state index is 0.956. The van der Waals surface area contributed by atoms with Gasteiger partial charge in [-0.15, -0.1) is 0 Å². The Morgan fingerprint density at radius 3 is 1.46 bits per heavy atom. The quantitative estimate of drug-likeness (QED) is 0.0805. The van der Waals surface area contributed by atoms with E-state index in [-0.39, 0.29) is 0 Å². The molecule has 0 spiro atoms. The summed E-state index contributed by atoms with van der Waals surface area (Å²) in [5.41, 5.74) is 15.9. The first-order valence-corrected chi connectivity index (χ1v) is 22.4. The number of hydrogen-bond donors (Lipinski definition) is 0. The van der Waals surface area contributed by atoms with Crippen LogP contribution in [-0.4, -0.2) is 9.38 Å². The van der Waals surface area contributed by atoms with E-state index in [1.54, 1.807) is 0 Å². The predicted molar refractivity (Wildman–Crippen MR) is 280 cm³/mol. The van der Waals surface area contributed by atoms with Gasteiger partial charge in [-0.05, 0) is 116 Å². The summed E-state index contributed by atoms with van der Waals surface area (Å²) in [5.74, 6) is 0. The van der Waals surface area contributed by atoms with Gasteiger partial charge in [0.05, 0.1) is 16.9 Å². The van der Waals surface area contributed by atoms with Crippen molar-refractivity contribution in [1.82, 2.24) is 9.38 Å². The van der Waals surface area contributed by atoms with Gasteiger partial charge < -0.3 is 0 Å². The fraction of sp³-hybridized carbons (Fsp3) is 0.0317. The van der Waals surface area contributed by atoms with Crippen LogP contribution in [0, 0.1) is 0 Å².